The summed E-state index contributed by atoms with van der Waals surface area (Å²) in [7, 11) is -3.72. The van der Waals surface area contributed by atoms with Gasteiger partial charge in [-0.1, -0.05) is 18.2 Å². The average Bonchev–Trinajstić information content (AvgIpc) is 2.94. The molecule has 21 heavy (non-hydrogen) atoms. The van der Waals surface area contributed by atoms with Gasteiger partial charge in [-0.3, -0.25) is 4.79 Å². The summed E-state index contributed by atoms with van der Waals surface area (Å²) in [6, 6.07) is 6.38. The van der Waals surface area contributed by atoms with Gasteiger partial charge in [-0.2, -0.15) is 12.8 Å². The molecule has 0 fully saturated rings. The highest BCUT2D eigenvalue weighted by molar-refractivity contribution is 8.15. The number of fused-ring (bicyclic) bond motifs is 1. The number of carbonyl (C=O) groups is 1. The zero-order chi connectivity index (χ0) is 15.0. The van der Waals surface area contributed by atoms with Crippen LogP contribution in [0.3, 0.4) is 0 Å². The van der Waals surface area contributed by atoms with Crippen molar-refractivity contribution in [3.8, 4) is 0 Å². The monoisotopic (exact) mass is 325 g/mol. The molecule has 1 aliphatic heterocycles. The third kappa shape index (κ3) is 2.52. The highest BCUT2D eigenvalue weighted by Gasteiger charge is 2.30. The van der Waals surface area contributed by atoms with Gasteiger partial charge in [-0.15, -0.1) is 5.10 Å². The lowest BCUT2D eigenvalue weighted by atomic mass is 10.2. The Balaban J connectivity index is 1.97. The molecule has 108 valence electrons. The summed E-state index contributed by atoms with van der Waals surface area (Å²) >= 11 is 0.906. The van der Waals surface area contributed by atoms with Crippen molar-refractivity contribution in [1.82, 2.24) is 20.2 Å². The number of nitrogens with zero attached hydrogens (tertiary/aromatic N) is 5. The quantitative estimate of drug-likeness (QED) is 0.835. The summed E-state index contributed by atoms with van der Waals surface area (Å²) in [5, 5.41) is 19.7. The molecule has 1 aliphatic rings. The first-order valence-electron chi connectivity index (χ1n) is 5.57. The van der Waals surface area contributed by atoms with Gasteiger partial charge in [-0.25, -0.2) is 4.68 Å². The van der Waals surface area contributed by atoms with E-state index in [4.69, 9.17) is 5.11 Å². The normalized spacial score (nSPS) is 15.5. The van der Waals surface area contributed by atoms with Crippen LogP contribution in [0.2, 0.25) is 0 Å². The Bertz CT molecular complexity index is 858. The smallest absolute Gasteiger partial charge is 0.325 e. The van der Waals surface area contributed by atoms with Crippen LogP contribution in [0.4, 0.5) is 0 Å². The maximum Gasteiger partial charge on any atom is 0.325 e. The standard InChI is InChI=1S/C10H7N5O4S2/c16-8(17)5-15-10(11-13-14-15)20-9-6-3-1-2-4-7(6)21(18,19)12-9/h1-4H,5H2,(H,16,17). The molecule has 1 N–H and O–H groups in total. The van der Waals surface area contributed by atoms with Crippen LogP contribution in [0.25, 0.3) is 0 Å². The van der Waals surface area contributed by atoms with Crippen LogP contribution in [0.1, 0.15) is 5.56 Å². The molecule has 0 atom stereocenters. The zero-order valence-electron chi connectivity index (χ0n) is 10.2. The molecule has 0 radical (unpaired) electrons. The van der Waals surface area contributed by atoms with Crippen molar-refractivity contribution in [1.29, 1.82) is 0 Å². The predicted octanol–water partition coefficient (Wildman–Crippen LogP) is -0.00110. The molecule has 2 aromatic rings. The Hall–Kier alpha value is -2.27. The number of tetrazole rings is 1. The van der Waals surface area contributed by atoms with Gasteiger partial charge < -0.3 is 5.11 Å². The number of sulfonamides is 1. The van der Waals surface area contributed by atoms with E-state index in [1.54, 1.807) is 18.2 Å². The van der Waals surface area contributed by atoms with E-state index in [0.29, 0.717) is 5.56 Å². The fourth-order valence-corrected chi connectivity index (χ4v) is 4.09. The second kappa shape index (κ2) is 4.93. The minimum absolute atomic E-state index is 0.116. The molecule has 0 spiro atoms. The summed E-state index contributed by atoms with van der Waals surface area (Å²) in [5.41, 5.74) is 0.451. The fraction of sp³-hybridized carbons (Fsp3) is 0.100. The van der Waals surface area contributed by atoms with Crippen molar-refractivity contribution < 1.29 is 18.3 Å². The van der Waals surface area contributed by atoms with E-state index in [1.165, 1.54) is 6.07 Å². The van der Waals surface area contributed by atoms with Gasteiger partial charge in [0.05, 0.1) is 4.90 Å². The van der Waals surface area contributed by atoms with Gasteiger partial charge in [0.15, 0.2) is 0 Å². The maximum absolute atomic E-state index is 11.9. The number of carboxylic acids is 1. The van der Waals surface area contributed by atoms with Crippen molar-refractivity contribution >= 4 is 32.8 Å². The molecule has 2 heterocycles. The van der Waals surface area contributed by atoms with Crippen molar-refractivity contribution in [2.24, 2.45) is 4.40 Å². The van der Waals surface area contributed by atoms with Crippen LogP contribution < -0.4 is 0 Å². The Morgan fingerprint density at radius 1 is 1.33 bits per heavy atom. The van der Waals surface area contributed by atoms with E-state index in [-0.39, 0.29) is 15.1 Å². The predicted molar refractivity (Wildman–Crippen MR) is 71.5 cm³/mol. The number of hydrogen-bond acceptors (Lipinski definition) is 7. The van der Waals surface area contributed by atoms with Crippen molar-refractivity contribution in [3.63, 3.8) is 0 Å². The molecule has 9 nitrogen and oxygen atoms in total. The number of hydrogen-bond donors (Lipinski definition) is 1. The number of thioether (sulfide) groups is 1. The van der Waals surface area contributed by atoms with Crippen LogP contribution in [0, 0.1) is 0 Å². The largest absolute Gasteiger partial charge is 0.480 e. The van der Waals surface area contributed by atoms with Crippen LogP contribution >= 0.6 is 11.8 Å². The van der Waals surface area contributed by atoms with Gasteiger partial charge in [-0.05, 0) is 28.3 Å². The van der Waals surface area contributed by atoms with Crippen molar-refractivity contribution in [2.45, 2.75) is 16.6 Å². The Kier molecular flexibility index (Phi) is 3.22. The van der Waals surface area contributed by atoms with Gasteiger partial charge in [0.1, 0.15) is 11.6 Å². The van der Waals surface area contributed by atoms with Crippen LogP contribution in [0.5, 0.6) is 0 Å². The zero-order valence-corrected chi connectivity index (χ0v) is 11.9. The number of aromatic nitrogens is 4. The fourth-order valence-electron chi connectivity index (χ4n) is 1.73. The number of carboxylic acid groups (broad SMARTS) is 1. The summed E-state index contributed by atoms with van der Waals surface area (Å²) in [4.78, 5) is 10.8. The molecule has 0 unspecified atom stereocenters. The summed E-state index contributed by atoms with van der Waals surface area (Å²) in [5.74, 6) is -1.11. The second-order valence-electron chi connectivity index (χ2n) is 3.98. The lowest BCUT2D eigenvalue weighted by Crippen LogP contribution is -2.12. The Morgan fingerprint density at radius 2 is 2.10 bits per heavy atom. The van der Waals surface area contributed by atoms with Gasteiger partial charge in [0, 0.05) is 5.56 Å². The molecular formula is C10H7N5O4S2. The van der Waals surface area contributed by atoms with Crippen LogP contribution in [0.15, 0.2) is 38.7 Å². The maximum atomic E-state index is 11.9. The average molecular weight is 325 g/mol. The molecule has 0 saturated carbocycles. The molecule has 0 aliphatic carbocycles. The molecule has 1 aromatic carbocycles. The minimum Gasteiger partial charge on any atom is -0.480 e. The molecule has 0 saturated heterocycles. The summed E-state index contributed by atoms with van der Waals surface area (Å²) in [6.07, 6.45) is 0. The highest BCUT2D eigenvalue weighted by atomic mass is 32.2. The minimum atomic E-state index is -3.72. The van der Waals surface area contributed by atoms with Crippen LogP contribution in [-0.2, 0) is 21.4 Å². The Labute approximate surface area is 122 Å². The third-order valence-corrected chi connectivity index (χ3v) is 5.00. The van der Waals surface area contributed by atoms with E-state index < -0.39 is 22.5 Å². The first-order valence-corrected chi connectivity index (χ1v) is 7.83. The molecule has 3 rings (SSSR count). The van der Waals surface area contributed by atoms with Gasteiger partial charge in [0.2, 0.25) is 5.16 Å². The van der Waals surface area contributed by atoms with Crippen LogP contribution in [-0.4, -0.2) is 44.7 Å². The van der Waals surface area contributed by atoms with E-state index in [0.717, 1.165) is 16.4 Å². The van der Waals surface area contributed by atoms with Crippen molar-refractivity contribution in [3.05, 3.63) is 29.8 Å². The molecule has 11 heteroatoms. The number of rotatable bonds is 3. The van der Waals surface area contributed by atoms with Gasteiger partial charge in [0.25, 0.3) is 10.0 Å². The third-order valence-electron chi connectivity index (χ3n) is 2.57. The van der Waals surface area contributed by atoms with Crippen molar-refractivity contribution in [2.75, 3.05) is 0 Å². The molecule has 0 amide bonds. The highest BCUT2D eigenvalue weighted by Crippen LogP contribution is 2.33. The molecular weight excluding hydrogens is 318 g/mol. The van der Waals surface area contributed by atoms with E-state index in [1.807, 2.05) is 0 Å². The lowest BCUT2D eigenvalue weighted by molar-refractivity contribution is -0.138. The molecule has 0 bridgehead atoms. The number of aliphatic carboxylic acids is 1. The summed E-state index contributed by atoms with van der Waals surface area (Å²) in [6.45, 7) is -0.420. The second-order valence-corrected chi connectivity index (χ2v) is 6.51. The first-order chi connectivity index (χ1) is 9.97. The Morgan fingerprint density at radius 3 is 2.86 bits per heavy atom. The van der Waals surface area contributed by atoms with Gasteiger partial charge >= 0.3 is 5.97 Å². The topological polar surface area (TPSA) is 127 Å². The molecule has 1 aromatic heterocycles. The van der Waals surface area contributed by atoms with E-state index in [2.05, 4.69) is 19.9 Å². The summed E-state index contributed by atoms with van der Waals surface area (Å²) < 4.78 is 28.5. The first kappa shape index (κ1) is 13.7. The number of benzene rings is 1. The van der Waals surface area contributed by atoms with E-state index >= 15 is 0 Å². The van der Waals surface area contributed by atoms with E-state index in [9.17, 15) is 13.2 Å². The SMILES string of the molecule is O=C(O)Cn1nnnc1SC1=NS(=O)(=O)c2ccccc21. The lowest BCUT2D eigenvalue weighted by Gasteiger charge is -2.01.